The van der Waals surface area contributed by atoms with Crippen molar-refractivity contribution in [2.45, 2.75) is 44.6 Å². The molecule has 1 aliphatic heterocycles. The summed E-state index contributed by atoms with van der Waals surface area (Å²) < 4.78 is 9.66. The summed E-state index contributed by atoms with van der Waals surface area (Å²) in [4.78, 5) is 28.3. The van der Waals surface area contributed by atoms with Crippen LogP contribution in [0.25, 0.3) is 27.7 Å². The number of methoxy groups -OCH3 is 1. The molecule has 0 radical (unpaired) electrons. The summed E-state index contributed by atoms with van der Waals surface area (Å²) in [5.74, 6) is 2.15. The molecule has 1 amide bonds. The standard InChI is InChI=1S/C35H41N7O2/c1-23-33-32(38-34(42(33)17-16-36-23)25-10-14-27(15-11-25)41-20-18-39(2)19-21-41)24-8-12-26(13-9-24)37-35(43)30-22-28-29(40(30)3)6-5-7-31(28)44-4/h5-9,12-13,16-17,22,25,27H,10-11,14-15,18-21H2,1-4H3,(H,37,43). The van der Waals surface area contributed by atoms with Crippen LogP contribution in [-0.4, -0.2) is 81.0 Å². The number of rotatable bonds is 6. The topological polar surface area (TPSA) is 79.9 Å². The van der Waals surface area contributed by atoms with Crippen molar-refractivity contribution in [1.29, 1.82) is 0 Å². The van der Waals surface area contributed by atoms with E-state index in [1.807, 2.05) is 66.3 Å². The number of nitrogens with one attached hydrogen (secondary N) is 1. The highest BCUT2D eigenvalue weighted by Crippen LogP contribution is 2.38. The minimum Gasteiger partial charge on any atom is -0.496 e. The van der Waals surface area contributed by atoms with E-state index in [0.717, 1.165) is 63.5 Å². The number of imidazole rings is 1. The fraction of sp³-hybridized carbons (Fsp3) is 0.400. The number of amides is 1. The maximum absolute atomic E-state index is 13.3. The van der Waals surface area contributed by atoms with Gasteiger partial charge in [0.25, 0.3) is 5.91 Å². The average molecular weight is 592 g/mol. The second-order valence-electron chi connectivity index (χ2n) is 12.4. The summed E-state index contributed by atoms with van der Waals surface area (Å²) in [5, 5.41) is 3.98. The number of carbonyl (C=O) groups is 1. The number of aryl methyl sites for hydroxylation is 2. The van der Waals surface area contributed by atoms with E-state index in [9.17, 15) is 4.79 Å². The Morgan fingerprint density at radius 3 is 2.45 bits per heavy atom. The highest BCUT2D eigenvalue weighted by molar-refractivity contribution is 6.07. The molecule has 5 aromatic rings. The molecule has 2 aliphatic rings. The third-order valence-corrected chi connectivity index (χ3v) is 9.80. The number of ether oxygens (including phenoxy) is 1. The van der Waals surface area contributed by atoms with E-state index >= 15 is 0 Å². The van der Waals surface area contributed by atoms with E-state index in [-0.39, 0.29) is 5.91 Å². The lowest BCUT2D eigenvalue weighted by molar-refractivity contribution is 0.0872. The van der Waals surface area contributed by atoms with Gasteiger partial charge in [-0.3, -0.25) is 19.1 Å². The van der Waals surface area contributed by atoms with Crippen LogP contribution < -0.4 is 10.1 Å². The molecule has 0 spiro atoms. The van der Waals surface area contributed by atoms with Crippen molar-refractivity contribution in [2.24, 2.45) is 7.05 Å². The van der Waals surface area contributed by atoms with Gasteiger partial charge in [0.1, 0.15) is 17.3 Å². The van der Waals surface area contributed by atoms with Crippen molar-refractivity contribution in [3.8, 4) is 17.0 Å². The van der Waals surface area contributed by atoms with Crippen LogP contribution in [0.5, 0.6) is 5.75 Å². The van der Waals surface area contributed by atoms with Crippen molar-refractivity contribution < 1.29 is 9.53 Å². The van der Waals surface area contributed by atoms with Gasteiger partial charge >= 0.3 is 0 Å². The molecular weight excluding hydrogens is 550 g/mol. The third-order valence-electron chi connectivity index (χ3n) is 9.80. The van der Waals surface area contributed by atoms with Crippen LogP contribution >= 0.6 is 0 Å². The van der Waals surface area contributed by atoms with Gasteiger partial charge in [-0.2, -0.15) is 0 Å². The lowest BCUT2D eigenvalue weighted by atomic mass is 9.84. The first-order valence-electron chi connectivity index (χ1n) is 15.7. The molecule has 1 saturated heterocycles. The Bertz CT molecular complexity index is 1810. The summed E-state index contributed by atoms with van der Waals surface area (Å²) in [6.07, 6.45) is 8.70. The first kappa shape index (κ1) is 28.6. The summed E-state index contributed by atoms with van der Waals surface area (Å²) in [6, 6.07) is 16.4. The molecule has 2 fully saturated rings. The van der Waals surface area contributed by atoms with E-state index in [0.29, 0.717) is 17.7 Å². The minimum absolute atomic E-state index is 0.166. The van der Waals surface area contributed by atoms with Gasteiger partial charge in [-0.25, -0.2) is 4.98 Å². The summed E-state index contributed by atoms with van der Waals surface area (Å²) in [7, 11) is 5.77. The van der Waals surface area contributed by atoms with Crippen molar-refractivity contribution in [2.75, 3.05) is 45.7 Å². The van der Waals surface area contributed by atoms with Crippen molar-refractivity contribution in [1.82, 2.24) is 28.7 Å². The van der Waals surface area contributed by atoms with Gasteiger partial charge in [-0.1, -0.05) is 18.2 Å². The number of benzene rings is 2. The zero-order chi connectivity index (χ0) is 30.4. The van der Waals surface area contributed by atoms with Gasteiger partial charge in [0.05, 0.1) is 29.5 Å². The van der Waals surface area contributed by atoms with Crippen molar-refractivity contribution >= 4 is 28.0 Å². The molecule has 0 unspecified atom stereocenters. The smallest absolute Gasteiger partial charge is 0.272 e. The van der Waals surface area contributed by atoms with Crippen LogP contribution in [0.3, 0.4) is 0 Å². The molecule has 0 atom stereocenters. The molecule has 9 heteroatoms. The zero-order valence-electron chi connectivity index (χ0n) is 26.1. The lowest BCUT2D eigenvalue weighted by Gasteiger charge is -2.41. The monoisotopic (exact) mass is 591 g/mol. The van der Waals surface area contributed by atoms with Crippen LogP contribution in [-0.2, 0) is 7.05 Å². The number of piperazine rings is 1. The van der Waals surface area contributed by atoms with Crippen LogP contribution in [0.1, 0.15) is 53.6 Å². The van der Waals surface area contributed by atoms with E-state index in [2.05, 4.69) is 44.7 Å². The fourth-order valence-corrected chi connectivity index (χ4v) is 7.23. The van der Waals surface area contributed by atoms with Crippen LogP contribution in [0.2, 0.25) is 0 Å². The molecule has 2 aromatic carbocycles. The number of likely N-dealkylation sites (N-methyl/N-ethyl adjacent to an activating group) is 1. The van der Waals surface area contributed by atoms with Gasteiger partial charge < -0.3 is 19.5 Å². The molecule has 1 N–H and O–H groups in total. The summed E-state index contributed by atoms with van der Waals surface area (Å²) >= 11 is 0. The summed E-state index contributed by atoms with van der Waals surface area (Å²) in [6.45, 7) is 6.76. The molecule has 3 aromatic heterocycles. The molecule has 0 bridgehead atoms. The largest absolute Gasteiger partial charge is 0.496 e. The van der Waals surface area contributed by atoms with E-state index in [1.54, 1.807) is 7.11 Å². The van der Waals surface area contributed by atoms with Gasteiger partial charge in [0.2, 0.25) is 0 Å². The van der Waals surface area contributed by atoms with Gasteiger partial charge in [-0.05, 0) is 70.0 Å². The maximum atomic E-state index is 13.3. The minimum atomic E-state index is -0.166. The first-order valence-corrected chi connectivity index (χ1v) is 15.7. The molecule has 4 heterocycles. The Hall–Kier alpha value is -4.21. The number of nitrogens with zero attached hydrogens (tertiary/aromatic N) is 6. The number of anilines is 1. The number of hydrogen-bond donors (Lipinski definition) is 1. The Morgan fingerprint density at radius 2 is 1.73 bits per heavy atom. The quantitative estimate of drug-likeness (QED) is 0.272. The number of fused-ring (bicyclic) bond motifs is 2. The van der Waals surface area contributed by atoms with Crippen LogP contribution in [0.15, 0.2) is 60.9 Å². The molecule has 228 valence electrons. The molecular formula is C35H41N7O2. The summed E-state index contributed by atoms with van der Waals surface area (Å²) in [5.41, 5.74) is 6.25. The number of hydrogen-bond acceptors (Lipinski definition) is 6. The number of carbonyl (C=O) groups excluding carboxylic acids is 1. The van der Waals surface area contributed by atoms with Crippen molar-refractivity contribution in [3.05, 3.63) is 78.1 Å². The van der Waals surface area contributed by atoms with Crippen LogP contribution in [0.4, 0.5) is 5.69 Å². The predicted molar refractivity (Wildman–Crippen MR) is 175 cm³/mol. The number of aromatic nitrogens is 4. The highest BCUT2D eigenvalue weighted by Gasteiger charge is 2.31. The lowest BCUT2D eigenvalue weighted by Crippen LogP contribution is -2.49. The first-order chi connectivity index (χ1) is 21.4. The van der Waals surface area contributed by atoms with E-state index < -0.39 is 0 Å². The van der Waals surface area contributed by atoms with Gasteiger partial charge in [-0.15, -0.1) is 0 Å². The second-order valence-corrected chi connectivity index (χ2v) is 12.4. The Morgan fingerprint density at radius 1 is 0.977 bits per heavy atom. The normalized spacial score (nSPS) is 19.9. The molecule has 1 aliphatic carbocycles. The average Bonchev–Trinajstić information content (AvgIpc) is 3.61. The molecule has 1 saturated carbocycles. The molecule has 44 heavy (non-hydrogen) atoms. The van der Waals surface area contributed by atoms with E-state index in [1.165, 1.54) is 39.0 Å². The Kier molecular flexibility index (Phi) is 7.60. The van der Waals surface area contributed by atoms with Gasteiger partial charge in [0, 0.05) is 74.2 Å². The zero-order valence-corrected chi connectivity index (χ0v) is 26.1. The SMILES string of the molecule is COc1cccc2c1cc(C(=O)Nc1ccc(-c3nc(C4CCC(N5CCN(C)CC5)CC4)n4ccnc(C)c34)cc1)n2C. The Balaban J connectivity index is 1.11. The maximum Gasteiger partial charge on any atom is 0.272 e. The van der Waals surface area contributed by atoms with Gasteiger partial charge in [0.15, 0.2) is 0 Å². The van der Waals surface area contributed by atoms with E-state index in [4.69, 9.17) is 9.72 Å². The predicted octanol–water partition coefficient (Wildman–Crippen LogP) is 5.73. The van der Waals surface area contributed by atoms with Crippen LogP contribution in [0, 0.1) is 6.92 Å². The molecule has 7 rings (SSSR count). The molecule has 9 nitrogen and oxygen atoms in total. The highest BCUT2D eigenvalue weighted by atomic mass is 16.5. The third kappa shape index (κ3) is 5.14. The fourth-order valence-electron chi connectivity index (χ4n) is 7.23. The Labute approximate surface area is 258 Å². The van der Waals surface area contributed by atoms with Crippen molar-refractivity contribution in [3.63, 3.8) is 0 Å². The second kappa shape index (κ2) is 11.7.